The number of carboxylic acids is 1. The molecule has 0 saturated heterocycles. The van der Waals surface area contributed by atoms with Crippen LogP contribution in [0.2, 0.25) is 0 Å². The van der Waals surface area contributed by atoms with Crippen molar-refractivity contribution in [2.24, 2.45) is 11.8 Å². The summed E-state index contributed by atoms with van der Waals surface area (Å²) in [7, 11) is 0. The van der Waals surface area contributed by atoms with Gasteiger partial charge in [0.15, 0.2) is 0 Å². The highest BCUT2D eigenvalue weighted by Crippen LogP contribution is 2.31. The molecule has 2 N–H and O–H groups in total. The number of hydrogen-bond donors (Lipinski definition) is 2. The van der Waals surface area contributed by atoms with E-state index in [4.69, 9.17) is 0 Å². The highest BCUT2D eigenvalue weighted by atomic mass is 16.6. The van der Waals surface area contributed by atoms with Crippen LogP contribution in [0.25, 0.3) is 0 Å². The molecule has 0 aliphatic rings. The van der Waals surface area contributed by atoms with Gasteiger partial charge in [0.25, 0.3) is 0 Å². The van der Waals surface area contributed by atoms with E-state index < -0.39 is 16.8 Å². The van der Waals surface area contributed by atoms with Gasteiger partial charge in [0.2, 0.25) is 5.82 Å². The second kappa shape index (κ2) is 6.55. The smallest absolute Gasteiger partial charge is 0.333 e. The van der Waals surface area contributed by atoms with Gasteiger partial charge < -0.3 is 10.4 Å². The third-order valence-electron chi connectivity index (χ3n) is 3.34. The highest BCUT2D eigenvalue weighted by molar-refractivity contribution is 5.71. The third-order valence-corrected chi connectivity index (χ3v) is 3.34. The van der Waals surface area contributed by atoms with Gasteiger partial charge in [0.1, 0.15) is 5.69 Å². The van der Waals surface area contributed by atoms with Crippen molar-refractivity contribution in [3.63, 3.8) is 0 Å². The van der Waals surface area contributed by atoms with Crippen molar-refractivity contribution in [3.8, 4) is 0 Å². The van der Waals surface area contributed by atoms with Gasteiger partial charge >= 0.3 is 11.7 Å². The summed E-state index contributed by atoms with van der Waals surface area (Å²) in [5, 5.41) is 27.4. The number of carbonyl (C=O) groups is 1. The molecule has 1 unspecified atom stereocenters. The Bertz CT molecular complexity index is 537. The van der Waals surface area contributed by atoms with E-state index in [1.165, 1.54) is 4.68 Å². The number of nitro groups is 1. The number of anilines is 1. The topological polar surface area (TPSA) is 110 Å². The number of nitrogens with zero attached hydrogens (tertiary/aromatic N) is 3. The summed E-state index contributed by atoms with van der Waals surface area (Å²) in [6.07, 6.45) is 0. The number of carboxylic acid groups (broad SMARTS) is 1. The molecule has 0 aliphatic carbocycles. The maximum atomic E-state index is 11.2. The second-order valence-electron chi connectivity index (χ2n) is 5.65. The molecule has 1 rings (SSSR count). The molecule has 0 amide bonds. The van der Waals surface area contributed by atoms with Crippen LogP contribution in [0.4, 0.5) is 11.5 Å². The van der Waals surface area contributed by atoms with E-state index in [-0.39, 0.29) is 30.0 Å². The predicted molar refractivity (Wildman–Crippen MR) is 78.5 cm³/mol. The summed E-state index contributed by atoms with van der Waals surface area (Å²) in [6.45, 7) is 9.02. The van der Waals surface area contributed by atoms with Crippen LogP contribution in [0.3, 0.4) is 0 Å². The fraction of sp³-hybridized carbons (Fsp3) is 0.692. The quantitative estimate of drug-likeness (QED) is 0.591. The first kappa shape index (κ1) is 16.9. The van der Waals surface area contributed by atoms with Gasteiger partial charge in [0, 0.05) is 12.6 Å². The number of aryl methyl sites for hydroxylation is 1. The lowest BCUT2D eigenvalue weighted by molar-refractivity contribution is -0.384. The van der Waals surface area contributed by atoms with Gasteiger partial charge in [-0.1, -0.05) is 13.8 Å². The summed E-state index contributed by atoms with van der Waals surface area (Å²) < 4.78 is 1.52. The molecule has 0 radical (unpaired) electrons. The molecule has 0 spiro atoms. The van der Waals surface area contributed by atoms with Gasteiger partial charge in [-0.15, -0.1) is 0 Å². The first-order valence-corrected chi connectivity index (χ1v) is 6.87. The van der Waals surface area contributed by atoms with E-state index in [9.17, 15) is 20.0 Å². The van der Waals surface area contributed by atoms with E-state index in [2.05, 4.69) is 10.4 Å². The van der Waals surface area contributed by atoms with E-state index >= 15 is 0 Å². The molecular weight excluding hydrogens is 276 g/mol. The normalized spacial score (nSPS) is 12.7. The molecule has 21 heavy (non-hydrogen) atoms. The minimum atomic E-state index is -0.924. The zero-order valence-electron chi connectivity index (χ0n) is 13.0. The monoisotopic (exact) mass is 298 g/mol. The van der Waals surface area contributed by atoms with E-state index in [0.29, 0.717) is 5.69 Å². The lowest BCUT2D eigenvalue weighted by Gasteiger charge is -2.18. The van der Waals surface area contributed by atoms with E-state index in [1.807, 2.05) is 13.8 Å². The average Bonchev–Trinajstić information content (AvgIpc) is 2.65. The number of aromatic nitrogens is 2. The Balaban J connectivity index is 3.11. The predicted octanol–water partition coefficient (Wildman–Crippen LogP) is 2.45. The largest absolute Gasteiger partial charge is 0.481 e. The van der Waals surface area contributed by atoms with Crippen molar-refractivity contribution in [2.75, 3.05) is 11.9 Å². The summed E-state index contributed by atoms with van der Waals surface area (Å²) in [4.78, 5) is 21.9. The van der Waals surface area contributed by atoms with Crippen molar-refractivity contribution in [1.29, 1.82) is 0 Å². The summed E-state index contributed by atoms with van der Waals surface area (Å²) in [5.74, 6) is -1.36. The summed E-state index contributed by atoms with van der Waals surface area (Å²) >= 11 is 0. The molecule has 8 nitrogen and oxygen atoms in total. The lowest BCUT2D eigenvalue weighted by atomic mass is 9.96. The molecule has 0 fully saturated rings. The van der Waals surface area contributed by atoms with Crippen LogP contribution in [0, 0.1) is 28.9 Å². The number of nitrogens with one attached hydrogen (secondary N) is 1. The van der Waals surface area contributed by atoms with Crippen LogP contribution in [-0.2, 0) is 4.79 Å². The number of rotatable bonds is 7. The van der Waals surface area contributed by atoms with Crippen molar-refractivity contribution in [2.45, 2.75) is 40.7 Å². The molecule has 0 aliphatic heterocycles. The first-order valence-electron chi connectivity index (χ1n) is 6.87. The standard InChI is InChI=1S/C13H22N4O4/c1-7(2)10(13(18)19)6-14-12-11(17(20)21)9(5)15-16(12)8(3)4/h7-8,10,14H,6H2,1-5H3,(H,18,19). The Kier molecular flexibility index (Phi) is 5.28. The number of hydrogen-bond acceptors (Lipinski definition) is 5. The minimum Gasteiger partial charge on any atom is -0.481 e. The van der Waals surface area contributed by atoms with Gasteiger partial charge in [-0.05, 0) is 26.7 Å². The van der Waals surface area contributed by atoms with Crippen molar-refractivity contribution >= 4 is 17.5 Å². The fourth-order valence-corrected chi connectivity index (χ4v) is 2.11. The Labute approximate surface area is 123 Å². The Morgan fingerprint density at radius 2 is 2.00 bits per heavy atom. The molecule has 1 atom stereocenters. The zero-order valence-corrected chi connectivity index (χ0v) is 13.0. The van der Waals surface area contributed by atoms with Gasteiger partial charge in [0.05, 0.1) is 10.8 Å². The van der Waals surface area contributed by atoms with Gasteiger partial charge in [-0.3, -0.25) is 14.9 Å². The Hall–Kier alpha value is -2.12. The van der Waals surface area contributed by atoms with Crippen LogP contribution >= 0.6 is 0 Å². The van der Waals surface area contributed by atoms with Crippen LogP contribution < -0.4 is 5.32 Å². The van der Waals surface area contributed by atoms with Crippen molar-refractivity contribution in [3.05, 3.63) is 15.8 Å². The third kappa shape index (κ3) is 3.71. The highest BCUT2D eigenvalue weighted by Gasteiger charge is 2.28. The molecule has 1 aromatic heterocycles. The van der Waals surface area contributed by atoms with Crippen LogP contribution in [0.1, 0.15) is 39.4 Å². The minimum absolute atomic E-state index is 0.0674. The van der Waals surface area contributed by atoms with Gasteiger partial charge in [-0.25, -0.2) is 4.68 Å². The fourth-order valence-electron chi connectivity index (χ4n) is 2.11. The van der Waals surface area contributed by atoms with Crippen molar-refractivity contribution in [1.82, 2.24) is 9.78 Å². The number of aliphatic carboxylic acids is 1. The second-order valence-corrected chi connectivity index (χ2v) is 5.65. The van der Waals surface area contributed by atoms with E-state index in [0.717, 1.165) is 0 Å². The molecule has 8 heteroatoms. The van der Waals surface area contributed by atoms with Crippen LogP contribution in [-0.4, -0.2) is 32.3 Å². The Morgan fingerprint density at radius 1 is 1.43 bits per heavy atom. The average molecular weight is 298 g/mol. The first-order chi connectivity index (χ1) is 9.66. The lowest BCUT2D eigenvalue weighted by Crippen LogP contribution is -2.28. The van der Waals surface area contributed by atoms with Crippen LogP contribution in [0.15, 0.2) is 0 Å². The molecule has 0 aromatic carbocycles. The van der Waals surface area contributed by atoms with Gasteiger partial charge in [-0.2, -0.15) is 5.10 Å². The maximum absolute atomic E-state index is 11.2. The summed E-state index contributed by atoms with van der Waals surface area (Å²) in [5.41, 5.74) is 0.212. The van der Waals surface area contributed by atoms with Crippen LogP contribution in [0.5, 0.6) is 0 Å². The van der Waals surface area contributed by atoms with E-state index in [1.54, 1.807) is 20.8 Å². The molecular formula is C13H22N4O4. The summed E-state index contributed by atoms with van der Waals surface area (Å²) in [6, 6.07) is -0.0674. The Morgan fingerprint density at radius 3 is 2.38 bits per heavy atom. The molecule has 0 saturated carbocycles. The zero-order chi connectivity index (χ0) is 16.3. The van der Waals surface area contributed by atoms with Crippen molar-refractivity contribution < 1.29 is 14.8 Å². The SMILES string of the molecule is Cc1nn(C(C)C)c(NCC(C(=O)O)C(C)C)c1[N+](=O)[O-]. The maximum Gasteiger partial charge on any atom is 0.333 e. The molecule has 118 valence electrons. The molecule has 1 heterocycles. The molecule has 0 bridgehead atoms. The molecule has 1 aromatic rings.